The maximum absolute atomic E-state index is 12.5. The van der Waals surface area contributed by atoms with Crippen molar-refractivity contribution < 1.29 is 37.6 Å². The second-order valence-electron chi connectivity index (χ2n) is 13.0. The highest BCUT2D eigenvalue weighted by atomic mass is 31.2. The smallest absolute Gasteiger partial charge is 0.462 e. The first-order chi connectivity index (χ1) is 22.3. The standard InChI is InChI=1S/C37H73O8P/c1-4-7-9-11-13-15-16-17-18-19-20-21-22-24-26-28-30-32-37(39)45-35(34-44-46(40,41)43-6-3)33-42-36(38)31-29-27-25-23-14-12-10-8-5-2/h35H,4-34H2,1-3H3,(H,40,41). The lowest BCUT2D eigenvalue weighted by molar-refractivity contribution is -0.161. The molecule has 8 nitrogen and oxygen atoms in total. The molecule has 0 aliphatic rings. The van der Waals surface area contributed by atoms with Crippen molar-refractivity contribution in [1.82, 2.24) is 0 Å². The van der Waals surface area contributed by atoms with Gasteiger partial charge >= 0.3 is 19.8 Å². The number of carbonyl (C=O) groups excluding carboxylic acids is 2. The summed E-state index contributed by atoms with van der Waals surface area (Å²) in [5, 5.41) is 0. The van der Waals surface area contributed by atoms with Crippen LogP contribution in [0.4, 0.5) is 0 Å². The number of esters is 2. The second kappa shape index (κ2) is 33.9. The van der Waals surface area contributed by atoms with Crippen molar-refractivity contribution in [2.24, 2.45) is 0 Å². The predicted molar refractivity (Wildman–Crippen MR) is 189 cm³/mol. The molecule has 46 heavy (non-hydrogen) atoms. The number of phosphoric ester groups is 1. The molecule has 0 aromatic heterocycles. The van der Waals surface area contributed by atoms with Crippen LogP contribution in [-0.4, -0.2) is 42.8 Å². The van der Waals surface area contributed by atoms with E-state index in [2.05, 4.69) is 13.8 Å². The topological polar surface area (TPSA) is 108 Å². The van der Waals surface area contributed by atoms with Crippen LogP contribution >= 0.6 is 7.82 Å². The average molecular weight is 677 g/mol. The quantitative estimate of drug-likeness (QED) is 0.0397. The molecule has 0 aromatic rings. The van der Waals surface area contributed by atoms with Crippen molar-refractivity contribution in [1.29, 1.82) is 0 Å². The third-order valence-corrected chi connectivity index (χ3v) is 9.47. The van der Waals surface area contributed by atoms with Gasteiger partial charge in [0.2, 0.25) is 0 Å². The molecule has 0 bridgehead atoms. The van der Waals surface area contributed by atoms with E-state index in [0.29, 0.717) is 6.42 Å². The van der Waals surface area contributed by atoms with Gasteiger partial charge in [0, 0.05) is 12.8 Å². The van der Waals surface area contributed by atoms with Gasteiger partial charge in [-0.05, 0) is 19.8 Å². The minimum atomic E-state index is -4.26. The van der Waals surface area contributed by atoms with Crippen molar-refractivity contribution in [3.05, 3.63) is 0 Å². The monoisotopic (exact) mass is 677 g/mol. The highest BCUT2D eigenvalue weighted by Gasteiger charge is 2.25. The molecule has 2 unspecified atom stereocenters. The summed E-state index contributed by atoms with van der Waals surface area (Å²) in [6, 6.07) is 0. The summed E-state index contributed by atoms with van der Waals surface area (Å²) < 4.78 is 32.5. The zero-order chi connectivity index (χ0) is 34.0. The van der Waals surface area contributed by atoms with Gasteiger partial charge in [-0.2, -0.15) is 0 Å². The van der Waals surface area contributed by atoms with Crippen LogP contribution < -0.4 is 0 Å². The van der Waals surface area contributed by atoms with Gasteiger partial charge in [-0.25, -0.2) is 4.57 Å². The molecule has 9 heteroatoms. The van der Waals surface area contributed by atoms with Crippen LogP contribution in [0.5, 0.6) is 0 Å². The Kier molecular flexibility index (Phi) is 33.2. The number of phosphoric acid groups is 1. The average Bonchev–Trinajstić information content (AvgIpc) is 3.03. The predicted octanol–water partition coefficient (Wildman–Crippen LogP) is 11.6. The van der Waals surface area contributed by atoms with E-state index in [1.165, 1.54) is 128 Å². The van der Waals surface area contributed by atoms with Gasteiger partial charge in [0.1, 0.15) is 6.61 Å². The first kappa shape index (κ1) is 45.0. The van der Waals surface area contributed by atoms with E-state index in [1.54, 1.807) is 6.92 Å². The van der Waals surface area contributed by atoms with Crippen LogP contribution in [0.25, 0.3) is 0 Å². The van der Waals surface area contributed by atoms with Gasteiger partial charge in [-0.3, -0.25) is 18.6 Å². The van der Waals surface area contributed by atoms with E-state index in [-0.39, 0.29) is 32.2 Å². The Morgan fingerprint density at radius 1 is 0.500 bits per heavy atom. The first-order valence-electron chi connectivity index (χ1n) is 19.3. The summed E-state index contributed by atoms with van der Waals surface area (Å²) in [5.74, 6) is -0.789. The van der Waals surface area contributed by atoms with E-state index >= 15 is 0 Å². The maximum Gasteiger partial charge on any atom is 0.472 e. The molecule has 0 saturated carbocycles. The van der Waals surface area contributed by atoms with Crippen molar-refractivity contribution in [3.63, 3.8) is 0 Å². The van der Waals surface area contributed by atoms with E-state index in [9.17, 15) is 19.0 Å². The van der Waals surface area contributed by atoms with Crippen molar-refractivity contribution in [3.8, 4) is 0 Å². The van der Waals surface area contributed by atoms with Gasteiger partial charge in [-0.1, -0.05) is 168 Å². The number of hydrogen-bond donors (Lipinski definition) is 1. The molecule has 0 spiro atoms. The van der Waals surface area contributed by atoms with Crippen molar-refractivity contribution >= 4 is 19.8 Å². The van der Waals surface area contributed by atoms with Crippen molar-refractivity contribution in [2.45, 2.75) is 207 Å². The molecule has 0 aliphatic heterocycles. The fraction of sp³-hybridized carbons (Fsp3) is 0.946. The minimum Gasteiger partial charge on any atom is -0.462 e. The number of carbonyl (C=O) groups is 2. The third kappa shape index (κ3) is 33.0. The fourth-order valence-electron chi connectivity index (χ4n) is 5.57. The molecule has 0 saturated heterocycles. The Morgan fingerprint density at radius 3 is 1.22 bits per heavy atom. The molecule has 2 atom stereocenters. The highest BCUT2D eigenvalue weighted by Crippen LogP contribution is 2.43. The molecule has 0 heterocycles. The summed E-state index contributed by atoms with van der Waals surface area (Å²) in [6.07, 6.45) is 31.6. The molecule has 0 aromatic carbocycles. The SMILES string of the molecule is CCCCCCCCCCCCCCCCCCCC(=O)OC(COC(=O)CCCCCCCCCCC)COP(=O)(O)OCC. The number of ether oxygens (including phenoxy) is 2. The Morgan fingerprint density at radius 2 is 0.848 bits per heavy atom. The maximum atomic E-state index is 12.5. The molecule has 0 rings (SSSR count). The summed E-state index contributed by atoms with van der Waals surface area (Å²) >= 11 is 0. The Hall–Kier alpha value is -0.950. The van der Waals surface area contributed by atoms with Crippen LogP contribution in [0.15, 0.2) is 0 Å². The van der Waals surface area contributed by atoms with E-state index in [4.69, 9.17) is 18.5 Å². The molecule has 1 N–H and O–H groups in total. The zero-order valence-corrected chi connectivity index (χ0v) is 31.1. The molecule has 274 valence electrons. The first-order valence-corrected chi connectivity index (χ1v) is 20.8. The van der Waals surface area contributed by atoms with Gasteiger partial charge in [0.25, 0.3) is 0 Å². The van der Waals surface area contributed by atoms with Gasteiger partial charge < -0.3 is 14.4 Å². The van der Waals surface area contributed by atoms with Crippen LogP contribution in [0.3, 0.4) is 0 Å². The van der Waals surface area contributed by atoms with Crippen LogP contribution in [0, 0.1) is 0 Å². The summed E-state index contributed by atoms with van der Waals surface area (Å²) in [4.78, 5) is 34.5. The summed E-state index contributed by atoms with van der Waals surface area (Å²) in [6.45, 7) is 5.47. The van der Waals surface area contributed by atoms with E-state index in [0.717, 1.165) is 38.5 Å². The van der Waals surface area contributed by atoms with E-state index < -0.39 is 19.9 Å². The van der Waals surface area contributed by atoms with Gasteiger partial charge in [0.15, 0.2) is 6.10 Å². The molecule has 0 fully saturated rings. The highest BCUT2D eigenvalue weighted by molar-refractivity contribution is 7.47. The van der Waals surface area contributed by atoms with Crippen LogP contribution in [0.1, 0.15) is 201 Å². The minimum absolute atomic E-state index is 0.00522. The lowest BCUT2D eigenvalue weighted by Gasteiger charge is -2.19. The lowest BCUT2D eigenvalue weighted by atomic mass is 10.0. The lowest BCUT2D eigenvalue weighted by Crippen LogP contribution is -2.29. The number of hydrogen-bond acceptors (Lipinski definition) is 7. The zero-order valence-electron chi connectivity index (χ0n) is 30.2. The molecule has 0 radical (unpaired) electrons. The second-order valence-corrected chi connectivity index (χ2v) is 14.4. The fourth-order valence-corrected chi connectivity index (χ4v) is 6.33. The molecular weight excluding hydrogens is 603 g/mol. The summed E-state index contributed by atoms with van der Waals surface area (Å²) in [7, 11) is -4.26. The Labute approximate surface area is 283 Å². The molecule has 0 amide bonds. The Bertz CT molecular complexity index is 732. The van der Waals surface area contributed by atoms with E-state index in [1.807, 2.05) is 0 Å². The third-order valence-electron chi connectivity index (χ3n) is 8.41. The van der Waals surface area contributed by atoms with Crippen LogP contribution in [0.2, 0.25) is 0 Å². The van der Waals surface area contributed by atoms with Gasteiger partial charge in [0.05, 0.1) is 13.2 Å². The number of unbranched alkanes of at least 4 members (excludes halogenated alkanes) is 24. The van der Waals surface area contributed by atoms with Crippen LogP contribution in [-0.2, 0) is 32.7 Å². The normalized spacial score (nSPS) is 13.4. The Balaban J connectivity index is 4.05. The molecular formula is C37H73O8P. The molecule has 0 aliphatic carbocycles. The largest absolute Gasteiger partial charge is 0.472 e. The summed E-state index contributed by atoms with van der Waals surface area (Å²) in [5.41, 5.74) is 0. The van der Waals surface area contributed by atoms with Gasteiger partial charge in [-0.15, -0.1) is 0 Å². The number of rotatable bonds is 36. The van der Waals surface area contributed by atoms with Crippen molar-refractivity contribution in [2.75, 3.05) is 19.8 Å².